The van der Waals surface area contributed by atoms with Crippen molar-refractivity contribution in [3.63, 3.8) is 0 Å². The smallest absolute Gasteiger partial charge is 0.271 e. The van der Waals surface area contributed by atoms with E-state index < -0.39 is 0 Å². The number of carbonyl (C=O) groups excluding carboxylic acids is 1. The van der Waals surface area contributed by atoms with Crippen molar-refractivity contribution in [2.24, 2.45) is 7.05 Å². The number of hydrogen-bond acceptors (Lipinski definition) is 5. The molecule has 1 saturated heterocycles. The molecule has 1 N–H and O–H groups in total. The molecule has 6 nitrogen and oxygen atoms in total. The first-order valence-electron chi connectivity index (χ1n) is 8.95. The highest BCUT2D eigenvalue weighted by Gasteiger charge is 2.13. The Morgan fingerprint density at radius 3 is 2.85 bits per heavy atom. The topological polar surface area (TPSA) is 59.4 Å². The maximum absolute atomic E-state index is 12.3. The van der Waals surface area contributed by atoms with Gasteiger partial charge in [-0.1, -0.05) is 18.1 Å². The Morgan fingerprint density at radius 2 is 2.07 bits per heavy atom. The predicted octanol–water partition coefficient (Wildman–Crippen LogP) is 1.60. The molecule has 142 valence electrons. The van der Waals surface area contributed by atoms with E-state index in [2.05, 4.69) is 27.2 Å². The minimum atomic E-state index is -0.170. The standard InChI is InChI=1S/C20H24N4O2S/c1-23-17(8-7-16-5-3-4-6-19(16)27-2)15-18(22-23)20(25)21-9-10-24-11-13-26-14-12-24/h3-6,15H,9-14H2,1-2H3,(H,21,25). The number of aryl methyl sites for hydroxylation is 1. The molecule has 1 aliphatic heterocycles. The number of rotatable bonds is 5. The summed E-state index contributed by atoms with van der Waals surface area (Å²) in [5, 5.41) is 7.22. The monoisotopic (exact) mass is 384 g/mol. The molecule has 7 heteroatoms. The van der Waals surface area contributed by atoms with Crippen molar-refractivity contribution < 1.29 is 9.53 Å². The van der Waals surface area contributed by atoms with Crippen molar-refractivity contribution >= 4 is 17.7 Å². The fourth-order valence-corrected chi connectivity index (χ4v) is 3.37. The summed E-state index contributed by atoms with van der Waals surface area (Å²) in [5.74, 6) is 6.13. The first-order valence-corrected chi connectivity index (χ1v) is 10.2. The van der Waals surface area contributed by atoms with Crippen LogP contribution in [-0.2, 0) is 11.8 Å². The Labute approximate surface area is 164 Å². The highest BCUT2D eigenvalue weighted by Crippen LogP contribution is 2.18. The molecule has 27 heavy (non-hydrogen) atoms. The van der Waals surface area contributed by atoms with Crippen LogP contribution in [0.3, 0.4) is 0 Å². The second kappa shape index (κ2) is 9.60. The van der Waals surface area contributed by atoms with E-state index >= 15 is 0 Å². The van der Waals surface area contributed by atoms with Gasteiger partial charge < -0.3 is 10.1 Å². The Balaban J connectivity index is 1.60. The quantitative estimate of drug-likeness (QED) is 0.627. The number of aromatic nitrogens is 2. The van der Waals surface area contributed by atoms with Crippen LogP contribution in [0.1, 0.15) is 21.7 Å². The number of nitrogens with zero attached hydrogens (tertiary/aromatic N) is 3. The molecule has 1 aromatic carbocycles. The van der Waals surface area contributed by atoms with Gasteiger partial charge in [-0.05, 0) is 24.3 Å². The summed E-state index contributed by atoms with van der Waals surface area (Å²) in [5.41, 5.74) is 2.08. The average molecular weight is 385 g/mol. The number of carbonyl (C=O) groups is 1. The van der Waals surface area contributed by atoms with Gasteiger partial charge in [0, 0.05) is 49.8 Å². The third-order valence-corrected chi connectivity index (χ3v) is 5.16. The van der Waals surface area contributed by atoms with Gasteiger partial charge in [0.1, 0.15) is 5.69 Å². The van der Waals surface area contributed by atoms with Crippen molar-refractivity contribution in [1.82, 2.24) is 20.0 Å². The molecule has 1 fully saturated rings. The van der Waals surface area contributed by atoms with Crippen molar-refractivity contribution in [1.29, 1.82) is 0 Å². The van der Waals surface area contributed by atoms with Gasteiger partial charge in [-0.2, -0.15) is 5.10 Å². The van der Waals surface area contributed by atoms with E-state index in [-0.39, 0.29) is 5.91 Å². The molecule has 1 aromatic heterocycles. The molecule has 1 aliphatic rings. The lowest BCUT2D eigenvalue weighted by Crippen LogP contribution is -2.41. The summed E-state index contributed by atoms with van der Waals surface area (Å²) in [6.07, 6.45) is 2.03. The van der Waals surface area contributed by atoms with Gasteiger partial charge in [-0.15, -0.1) is 11.8 Å². The van der Waals surface area contributed by atoms with E-state index in [0.29, 0.717) is 17.9 Å². The van der Waals surface area contributed by atoms with E-state index in [1.54, 1.807) is 29.6 Å². The lowest BCUT2D eigenvalue weighted by atomic mass is 10.2. The van der Waals surface area contributed by atoms with Gasteiger partial charge >= 0.3 is 0 Å². The highest BCUT2D eigenvalue weighted by molar-refractivity contribution is 7.98. The predicted molar refractivity (Wildman–Crippen MR) is 107 cm³/mol. The van der Waals surface area contributed by atoms with Gasteiger partial charge in [0.15, 0.2) is 5.69 Å². The van der Waals surface area contributed by atoms with Crippen molar-refractivity contribution in [3.8, 4) is 11.8 Å². The molecule has 0 atom stereocenters. The molecule has 0 aliphatic carbocycles. The molecule has 0 radical (unpaired) electrons. The van der Waals surface area contributed by atoms with Crippen LogP contribution in [0.25, 0.3) is 0 Å². The van der Waals surface area contributed by atoms with Gasteiger partial charge in [0.05, 0.1) is 13.2 Å². The zero-order chi connectivity index (χ0) is 19.1. The largest absolute Gasteiger partial charge is 0.379 e. The molecular formula is C20H24N4O2S. The molecule has 3 rings (SSSR count). The minimum Gasteiger partial charge on any atom is -0.379 e. The van der Waals surface area contributed by atoms with Crippen LogP contribution in [0.4, 0.5) is 0 Å². The molecule has 0 spiro atoms. The van der Waals surface area contributed by atoms with E-state index in [1.165, 1.54) is 0 Å². The van der Waals surface area contributed by atoms with Crippen LogP contribution in [-0.4, -0.2) is 66.2 Å². The molecule has 2 heterocycles. The van der Waals surface area contributed by atoms with E-state index in [1.807, 2.05) is 30.5 Å². The van der Waals surface area contributed by atoms with Gasteiger partial charge in [-0.3, -0.25) is 14.4 Å². The van der Waals surface area contributed by atoms with E-state index in [0.717, 1.165) is 43.3 Å². The van der Waals surface area contributed by atoms with Gasteiger partial charge in [-0.25, -0.2) is 0 Å². The summed E-state index contributed by atoms with van der Waals surface area (Å²) < 4.78 is 6.97. The highest BCUT2D eigenvalue weighted by atomic mass is 32.2. The van der Waals surface area contributed by atoms with Gasteiger partial charge in [0.25, 0.3) is 5.91 Å². The first-order chi connectivity index (χ1) is 13.2. The van der Waals surface area contributed by atoms with Crippen molar-refractivity contribution in [2.75, 3.05) is 45.6 Å². The van der Waals surface area contributed by atoms with Crippen molar-refractivity contribution in [2.45, 2.75) is 4.90 Å². The number of benzene rings is 1. The Morgan fingerprint density at radius 1 is 1.30 bits per heavy atom. The molecule has 1 amide bonds. The van der Waals surface area contributed by atoms with Crippen molar-refractivity contribution in [3.05, 3.63) is 47.3 Å². The molecular weight excluding hydrogens is 360 g/mol. The summed E-state index contributed by atoms with van der Waals surface area (Å²) in [6, 6.07) is 9.75. The van der Waals surface area contributed by atoms with Crippen LogP contribution in [0.2, 0.25) is 0 Å². The van der Waals surface area contributed by atoms with Crippen LogP contribution in [0.5, 0.6) is 0 Å². The lowest BCUT2D eigenvalue weighted by molar-refractivity contribution is 0.0383. The number of nitrogens with one attached hydrogen (secondary N) is 1. The first kappa shape index (κ1) is 19.5. The zero-order valence-electron chi connectivity index (χ0n) is 15.7. The maximum Gasteiger partial charge on any atom is 0.271 e. The molecule has 0 unspecified atom stereocenters. The van der Waals surface area contributed by atoms with Crippen LogP contribution >= 0.6 is 11.8 Å². The Kier molecular flexibility index (Phi) is 6.93. The summed E-state index contributed by atoms with van der Waals surface area (Å²) in [4.78, 5) is 15.8. The Bertz CT molecular complexity index is 847. The third-order valence-electron chi connectivity index (χ3n) is 4.36. The number of ether oxygens (including phenoxy) is 1. The minimum absolute atomic E-state index is 0.170. The lowest BCUT2D eigenvalue weighted by Gasteiger charge is -2.26. The maximum atomic E-state index is 12.3. The molecule has 2 aromatic rings. The van der Waals surface area contributed by atoms with Crippen LogP contribution in [0, 0.1) is 11.8 Å². The van der Waals surface area contributed by atoms with E-state index in [4.69, 9.17) is 4.74 Å². The second-order valence-corrected chi connectivity index (χ2v) is 7.05. The fourth-order valence-electron chi connectivity index (χ4n) is 2.82. The fraction of sp³-hybridized carbons (Fsp3) is 0.400. The SMILES string of the molecule is CSc1ccccc1C#Cc1cc(C(=O)NCCN2CCOCC2)nn1C. The summed E-state index contributed by atoms with van der Waals surface area (Å²) in [6.45, 7) is 4.76. The van der Waals surface area contributed by atoms with Crippen LogP contribution < -0.4 is 5.32 Å². The normalized spacial score (nSPS) is 14.4. The number of morpholine rings is 1. The van der Waals surface area contributed by atoms with Gasteiger partial charge in [0.2, 0.25) is 0 Å². The summed E-state index contributed by atoms with van der Waals surface area (Å²) in [7, 11) is 1.80. The number of hydrogen-bond donors (Lipinski definition) is 1. The molecule has 0 saturated carbocycles. The second-order valence-electron chi connectivity index (χ2n) is 6.20. The molecule has 0 bridgehead atoms. The number of amides is 1. The zero-order valence-corrected chi connectivity index (χ0v) is 16.5. The van der Waals surface area contributed by atoms with Crippen LogP contribution in [0.15, 0.2) is 35.2 Å². The summed E-state index contributed by atoms with van der Waals surface area (Å²) >= 11 is 1.66. The third kappa shape index (κ3) is 5.36. The number of thioether (sulfide) groups is 1. The van der Waals surface area contributed by atoms with E-state index in [9.17, 15) is 4.79 Å². The average Bonchev–Trinajstić information content (AvgIpc) is 3.08. The Hall–Kier alpha value is -2.27.